The molecule has 0 saturated carbocycles. The van der Waals surface area contributed by atoms with Gasteiger partial charge in [0.05, 0.1) is 17.4 Å². The fourth-order valence-electron chi connectivity index (χ4n) is 1.46. The molecule has 82 valence electrons. The summed E-state index contributed by atoms with van der Waals surface area (Å²) in [6.07, 6.45) is 4.10. The molecule has 0 atom stereocenters. The monoisotopic (exact) mass is 208 g/mol. The summed E-state index contributed by atoms with van der Waals surface area (Å²) < 4.78 is 0. The Morgan fingerprint density at radius 3 is 2.73 bits per heavy atom. The Hall–Kier alpha value is -1.58. The van der Waals surface area contributed by atoms with Crippen molar-refractivity contribution in [2.75, 3.05) is 18.0 Å². The lowest BCUT2D eigenvalue weighted by molar-refractivity contribution is 0.0696. The topological polar surface area (TPSA) is 53.4 Å². The van der Waals surface area contributed by atoms with Crippen molar-refractivity contribution < 1.29 is 9.90 Å². The fourth-order valence-corrected chi connectivity index (χ4v) is 1.46. The van der Waals surface area contributed by atoms with Crippen LogP contribution in [0.2, 0.25) is 0 Å². The molecular weight excluding hydrogens is 192 g/mol. The van der Waals surface area contributed by atoms with Gasteiger partial charge in [-0.2, -0.15) is 0 Å². The Balaban J connectivity index is 2.92. The van der Waals surface area contributed by atoms with E-state index in [1.807, 2.05) is 6.92 Å². The molecule has 0 bridgehead atoms. The Morgan fingerprint density at radius 1 is 1.47 bits per heavy atom. The number of nitrogens with zero attached hydrogens (tertiary/aromatic N) is 2. The molecule has 15 heavy (non-hydrogen) atoms. The average molecular weight is 208 g/mol. The minimum atomic E-state index is -0.933. The van der Waals surface area contributed by atoms with Crippen molar-refractivity contribution in [1.82, 2.24) is 4.98 Å². The standard InChI is InChI=1S/C11H16N2O2/c1-3-5-13(4-2)10-6-9(11(14)15)7-12-8-10/h6-8H,3-5H2,1-2H3,(H,14,15). The highest BCUT2D eigenvalue weighted by Gasteiger charge is 2.08. The lowest BCUT2D eigenvalue weighted by atomic mass is 10.2. The Bertz CT molecular complexity index is 339. The number of carboxylic acid groups (broad SMARTS) is 1. The van der Waals surface area contributed by atoms with Gasteiger partial charge < -0.3 is 10.0 Å². The summed E-state index contributed by atoms with van der Waals surface area (Å²) in [5.74, 6) is -0.933. The predicted molar refractivity (Wildman–Crippen MR) is 59.4 cm³/mol. The zero-order valence-corrected chi connectivity index (χ0v) is 9.10. The van der Waals surface area contributed by atoms with Crippen LogP contribution in [0.25, 0.3) is 0 Å². The molecule has 0 amide bonds. The van der Waals surface area contributed by atoms with Gasteiger partial charge in [0, 0.05) is 19.3 Å². The normalized spacial score (nSPS) is 10.0. The number of pyridine rings is 1. The first-order valence-electron chi connectivity index (χ1n) is 5.12. The van der Waals surface area contributed by atoms with Crippen LogP contribution in [-0.4, -0.2) is 29.1 Å². The van der Waals surface area contributed by atoms with Crippen LogP contribution >= 0.6 is 0 Å². The van der Waals surface area contributed by atoms with E-state index in [9.17, 15) is 4.79 Å². The Kier molecular flexibility index (Phi) is 4.09. The third-order valence-electron chi connectivity index (χ3n) is 2.21. The number of hydrogen-bond donors (Lipinski definition) is 1. The van der Waals surface area contributed by atoms with Crippen LogP contribution in [0, 0.1) is 0 Å². The smallest absolute Gasteiger partial charge is 0.337 e. The van der Waals surface area contributed by atoms with E-state index in [4.69, 9.17) is 5.11 Å². The summed E-state index contributed by atoms with van der Waals surface area (Å²) in [5.41, 5.74) is 1.11. The maximum atomic E-state index is 10.8. The average Bonchev–Trinajstić information content (AvgIpc) is 2.26. The molecule has 1 rings (SSSR count). The fraction of sp³-hybridized carbons (Fsp3) is 0.455. The molecule has 4 nitrogen and oxygen atoms in total. The van der Waals surface area contributed by atoms with Gasteiger partial charge in [-0.3, -0.25) is 4.98 Å². The van der Waals surface area contributed by atoms with Gasteiger partial charge in [-0.05, 0) is 19.4 Å². The molecule has 1 heterocycles. The van der Waals surface area contributed by atoms with E-state index in [-0.39, 0.29) is 5.56 Å². The molecular formula is C11H16N2O2. The third kappa shape index (κ3) is 2.94. The first-order chi connectivity index (χ1) is 7.19. The van der Waals surface area contributed by atoms with Crippen LogP contribution < -0.4 is 4.90 Å². The lowest BCUT2D eigenvalue weighted by Crippen LogP contribution is -2.23. The van der Waals surface area contributed by atoms with Crippen molar-refractivity contribution in [3.8, 4) is 0 Å². The van der Waals surface area contributed by atoms with E-state index in [0.717, 1.165) is 25.2 Å². The first-order valence-corrected chi connectivity index (χ1v) is 5.12. The minimum absolute atomic E-state index is 0.238. The predicted octanol–water partition coefficient (Wildman–Crippen LogP) is 2.02. The first kappa shape index (κ1) is 11.5. The zero-order valence-electron chi connectivity index (χ0n) is 9.10. The molecule has 4 heteroatoms. The minimum Gasteiger partial charge on any atom is -0.478 e. The van der Waals surface area contributed by atoms with Gasteiger partial charge in [0.2, 0.25) is 0 Å². The SMILES string of the molecule is CCCN(CC)c1cncc(C(=O)O)c1. The summed E-state index contributed by atoms with van der Waals surface area (Å²) in [7, 11) is 0. The van der Waals surface area contributed by atoms with Gasteiger partial charge in [-0.1, -0.05) is 6.92 Å². The summed E-state index contributed by atoms with van der Waals surface area (Å²) in [6, 6.07) is 1.66. The van der Waals surface area contributed by atoms with Crippen molar-refractivity contribution in [2.45, 2.75) is 20.3 Å². The van der Waals surface area contributed by atoms with Crippen LogP contribution in [0.3, 0.4) is 0 Å². The molecule has 1 aromatic rings. The van der Waals surface area contributed by atoms with Gasteiger partial charge in [-0.15, -0.1) is 0 Å². The number of carbonyl (C=O) groups is 1. The van der Waals surface area contributed by atoms with Crippen molar-refractivity contribution in [1.29, 1.82) is 0 Å². The van der Waals surface area contributed by atoms with Crippen molar-refractivity contribution in [3.63, 3.8) is 0 Å². The molecule has 1 aromatic heterocycles. The van der Waals surface area contributed by atoms with Gasteiger partial charge >= 0.3 is 5.97 Å². The second kappa shape index (κ2) is 5.34. The molecule has 0 aliphatic heterocycles. The number of aromatic carboxylic acids is 1. The van der Waals surface area contributed by atoms with Crippen LogP contribution in [0.1, 0.15) is 30.6 Å². The van der Waals surface area contributed by atoms with Gasteiger partial charge in [0.15, 0.2) is 0 Å². The van der Waals surface area contributed by atoms with Crippen LogP contribution in [0.4, 0.5) is 5.69 Å². The summed E-state index contributed by atoms with van der Waals surface area (Å²) in [5, 5.41) is 8.84. The van der Waals surface area contributed by atoms with Crippen molar-refractivity contribution in [3.05, 3.63) is 24.0 Å². The second-order valence-electron chi connectivity index (χ2n) is 3.32. The molecule has 1 N–H and O–H groups in total. The molecule has 0 unspecified atom stereocenters. The van der Waals surface area contributed by atoms with Gasteiger partial charge in [0.1, 0.15) is 0 Å². The van der Waals surface area contributed by atoms with Gasteiger partial charge in [0.25, 0.3) is 0 Å². The van der Waals surface area contributed by atoms with E-state index in [2.05, 4.69) is 16.8 Å². The molecule has 0 aliphatic carbocycles. The highest BCUT2D eigenvalue weighted by atomic mass is 16.4. The highest BCUT2D eigenvalue weighted by molar-refractivity contribution is 5.88. The van der Waals surface area contributed by atoms with E-state index >= 15 is 0 Å². The Labute approximate surface area is 89.6 Å². The molecule has 0 aliphatic rings. The van der Waals surface area contributed by atoms with E-state index in [1.165, 1.54) is 6.20 Å². The summed E-state index contributed by atoms with van der Waals surface area (Å²) in [6.45, 7) is 5.92. The molecule has 0 spiro atoms. The number of rotatable bonds is 5. The van der Waals surface area contributed by atoms with Crippen LogP contribution in [0.15, 0.2) is 18.5 Å². The second-order valence-corrected chi connectivity index (χ2v) is 3.32. The third-order valence-corrected chi connectivity index (χ3v) is 2.21. The maximum absolute atomic E-state index is 10.8. The van der Waals surface area contributed by atoms with Crippen molar-refractivity contribution >= 4 is 11.7 Å². The summed E-state index contributed by atoms with van der Waals surface area (Å²) in [4.78, 5) is 16.8. The molecule has 0 radical (unpaired) electrons. The van der Waals surface area contributed by atoms with Crippen molar-refractivity contribution in [2.24, 2.45) is 0 Å². The number of hydrogen-bond acceptors (Lipinski definition) is 3. The number of carboxylic acids is 1. The largest absolute Gasteiger partial charge is 0.478 e. The molecule has 0 fully saturated rings. The van der Waals surface area contributed by atoms with E-state index < -0.39 is 5.97 Å². The summed E-state index contributed by atoms with van der Waals surface area (Å²) >= 11 is 0. The molecule has 0 aromatic carbocycles. The maximum Gasteiger partial charge on any atom is 0.337 e. The Morgan fingerprint density at radius 2 is 2.20 bits per heavy atom. The molecule has 0 saturated heterocycles. The lowest BCUT2D eigenvalue weighted by Gasteiger charge is -2.21. The van der Waals surface area contributed by atoms with E-state index in [1.54, 1.807) is 12.3 Å². The number of aromatic nitrogens is 1. The zero-order chi connectivity index (χ0) is 11.3. The quantitative estimate of drug-likeness (QED) is 0.804. The van der Waals surface area contributed by atoms with E-state index in [0.29, 0.717) is 0 Å². The van der Waals surface area contributed by atoms with Crippen LogP contribution in [0.5, 0.6) is 0 Å². The van der Waals surface area contributed by atoms with Gasteiger partial charge in [-0.25, -0.2) is 4.79 Å². The van der Waals surface area contributed by atoms with Crippen LogP contribution in [-0.2, 0) is 0 Å². The highest BCUT2D eigenvalue weighted by Crippen LogP contribution is 2.14. The number of anilines is 1.